The number of likely N-dealkylation sites (tertiary alicyclic amines) is 1. The number of benzene rings is 1. The van der Waals surface area contributed by atoms with E-state index in [1.54, 1.807) is 4.90 Å². The maximum atomic E-state index is 12.4. The first-order valence-electron chi connectivity index (χ1n) is 9.36. The molecule has 6 nitrogen and oxygen atoms in total. The normalized spacial score (nSPS) is 20.0. The topological polar surface area (TPSA) is 85.8 Å². The zero-order valence-corrected chi connectivity index (χ0v) is 14.8. The molecular weight excluding hydrogens is 332 g/mol. The van der Waals surface area contributed by atoms with Crippen LogP contribution in [0.5, 0.6) is 5.75 Å². The van der Waals surface area contributed by atoms with Gasteiger partial charge in [0.2, 0.25) is 5.91 Å². The third kappa shape index (κ3) is 3.28. The highest BCUT2D eigenvalue weighted by Crippen LogP contribution is 2.34. The summed E-state index contributed by atoms with van der Waals surface area (Å²) in [7, 11) is 0. The van der Waals surface area contributed by atoms with Gasteiger partial charge in [0.1, 0.15) is 17.1 Å². The molecule has 0 saturated carbocycles. The minimum absolute atomic E-state index is 0.0307. The summed E-state index contributed by atoms with van der Waals surface area (Å²) < 4.78 is 11.7. The molecule has 138 valence electrons. The first-order valence-corrected chi connectivity index (χ1v) is 9.36. The lowest BCUT2D eigenvalue weighted by molar-refractivity contribution is -0.136. The number of rotatable bonds is 4. The average molecular weight is 356 g/mol. The Balaban J connectivity index is 1.42. The molecule has 1 aliphatic heterocycles. The number of furan rings is 1. The third-order valence-corrected chi connectivity index (χ3v) is 5.47. The van der Waals surface area contributed by atoms with E-state index in [0.717, 1.165) is 42.4 Å². The molecule has 4 rings (SSSR count). The number of aryl methyl sites for hydroxylation is 2. The number of hydrogen-bond donors (Lipinski definition) is 1. The van der Waals surface area contributed by atoms with E-state index < -0.39 is 0 Å². The Kier molecular flexibility index (Phi) is 4.57. The first-order chi connectivity index (χ1) is 12.6. The number of fused-ring (bicyclic) bond motifs is 3. The van der Waals surface area contributed by atoms with Crippen molar-refractivity contribution in [1.82, 2.24) is 4.90 Å². The fourth-order valence-corrected chi connectivity index (χ4v) is 4.00. The zero-order valence-electron chi connectivity index (χ0n) is 14.8. The van der Waals surface area contributed by atoms with Gasteiger partial charge < -0.3 is 19.8 Å². The Labute approximate surface area is 152 Å². The van der Waals surface area contributed by atoms with Crippen molar-refractivity contribution in [3.8, 4) is 5.75 Å². The van der Waals surface area contributed by atoms with Crippen LogP contribution < -0.4 is 10.5 Å². The highest BCUT2D eigenvalue weighted by Gasteiger charge is 2.27. The molecule has 1 atom stereocenters. The van der Waals surface area contributed by atoms with Gasteiger partial charge in [-0.15, -0.1) is 0 Å². The van der Waals surface area contributed by atoms with Crippen LogP contribution in [0.25, 0.3) is 11.0 Å². The summed E-state index contributed by atoms with van der Waals surface area (Å²) in [4.78, 5) is 25.5. The Morgan fingerprint density at radius 1 is 1.23 bits per heavy atom. The van der Waals surface area contributed by atoms with Crippen molar-refractivity contribution in [2.24, 2.45) is 11.7 Å². The van der Waals surface area contributed by atoms with Crippen LogP contribution in [-0.2, 0) is 22.4 Å². The molecule has 1 saturated heterocycles. The molecule has 1 aromatic carbocycles. The molecule has 6 heteroatoms. The molecule has 2 aromatic rings. The second kappa shape index (κ2) is 7.02. The number of amides is 2. The number of hydrogen-bond acceptors (Lipinski definition) is 4. The number of carbonyl (C=O) groups excluding carboxylic acids is 2. The number of nitrogens with two attached hydrogens (primary N) is 1. The molecule has 26 heavy (non-hydrogen) atoms. The first kappa shape index (κ1) is 16.9. The summed E-state index contributed by atoms with van der Waals surface area (Å²) >= 11 is 0. The SMILES string of the molecule is NC(=O)C1CCCN(C(=O)COc2ccc3oc4c(c3c2)CCCC4)C1. The number of piperidine rings is 1. The van der Waals surface area contributed by atoms with Gasteiger partial charge >= 0.3 is 0 Å². The number of carbonyl (C=O) groups is 2. The molecule has 2 N–H and O–H groups in total. The van der Waals surface area contributed by atoms with Crippen molar-refractivity contribution in [1.29, 1.82) is 0 Å². The maximum absolute atomic E-state index is 12.4. The summed E-state index contributed by atoms with van der Waals surface area (Å²) in [6, 6.07) is 5.73. The molecule has 0 radical (unpaired) electrons. The average Bonchev–Trinajstić information content (AvgIpc) is 3.04. The summed E-state index contributed by atoms with van der Waals surface area (Å²) in [6.45, 7) is 1.02. The van der Waals surface area contributed by atoms with Gasteiger partial charge in [0.15, 0.2) is 6.61 Å². The van der Waals surface area contributed by atoms with Gasteiger partial charge in [0, 0.05) is 30.5 Å². The smallest absolute Gasteiger partial charge is 0.260 e. The highest BCUT2D eigenvalue weighted by molar-refractivity contribution is 5.84. The summed E-state index contributed by atoms with van der Waals surface area (Å²) in [5.41, 5.74) is 7.54. The van der Waals surface area contributed by atoms with Gasteiger partial charge in [-0.2, -0.15) is 0 Å². The summed E-state index contributed by atoms with van der Waals surface area (Å²) in [5.74, 6) is 1.07. The fraction of sp³-hybridized carbons (Fsp3) is 0.500. The van der Waals surface area contributed by atoms with Crippen LogP contribution in [0.3, 0.4) is 0 Å². The second-order valence-electron chi connectivity index (χ2n) is 7.24. The van der Waals surface area contributed by atoms with Gasteiger partial charge in [-0.25, -0.2) is 0 Å². The lowest BCUT2D eigenvalue weighted by Crippen LogP contribution is -2.45. The highest BCUT2D eigenvalue weighted by atomic mass is 16.5. The summed E-state index contributed by atoms with van der Waals surface area (Å²) in [6.07, 6.45) is 5.93. The van der Waals surface area contributed by atoms with Crippen LogP contribution in [0, 0.1) is 5.92 Å². The van der Waals surface area contributed by atoms with Gasteiger partial charge in [-0.3, -0.25) is 9.59 Å². The Bertz CT molecular complexity index is 842. The number of ether oxygens (including phenoxy) is 1. The molecule has 1 unspecified atom stereocenters. The van der Waals surface area contributed by atoms with Gasteiger partial charge in [0.25, 0.3) is 5.91 Å². The van der Waals surface area contributed by atoms with E-state index in [1.807, 2.05) is 18.2 Å². The van der Waals surface area contributed by atoms with E-state index >= 15 is 0 Å². The molecule has 2 aliphatic rings. The lowest BCUT2D eigenvalue weighted by atomic mass is 9.96. The Morgan fingerprint density at radius 3 is 2.92 bits per heavy atom. The van der Waals surface area contributed by atoms with E-state index in [-0.39, 0.29) is 24.3 Å². The molecule has 2 amide bonds. The van der Waals surface area contributed by atoms with E-state index in [0.29, 0.717) is 18.8 Å². The maximum Gasteiger partial charge on any atom is 0.260 e. The number of primary amides is 1. The predicted molar refractivity (Wildman–Crippen MR) is 96.8 cm³/mol. The van der Waals surface area contributed by atoms with E-state index in [9.17, 15) is 9.59 Å². The van der Waals surface area contributed by atoms with E-state index in [2.05, 4.69) is 0 Å². The summed E-state index contributed by atoms with van der Waals surface area (Å²) in [5, 5.41) is 1.09. The Hall–Kier alpha value is -2.50. The molecule has 1 aliphatic carbocycles. The number of nitrogens with zero attached hydrogens (tertiary/aromatic N) is 1. The van der Waals surface area contributed by atoms with Crippen molar-refractivity contribution in [2.45, 2.75) is 38.5 Å². The monoisotopic (exact) mass is 356 g/mol. The molecule has 2 heterocycles. The fourth-order valence-electron chi connectivity index (χ4n) is 4.00. The van der Waals surface area contributed by atoms with Crippen LogP contribution in [-0.4, -0.2) is 36.4 Å². The van der Waals surface area contributed by atoms with Crippen LogP contribution in [0.2, 0.25) is 0 Å². The van der Waals surface area contributed by atoms with Crippen molar-refractivity contribution >= 4 is 22.8 Å². The second-order valence-corrected chi connectivity index (χ2v) is 7.24. The molecule has 1 aromatic heterocycles. The minimum Gasteiger partial charge on any atom is -0.484 e. The lowest BCUT2D eigenvalue weighted by Gasteiger charge is -2.31. The van der Waals surface area contributed by atoms with Crippen molar-refractivity contribution < 1.29 is 18.7 Å². The van der Waals surface area contributed by atoms with Crippen molar-refractivity contribution in [2.75, 3.05) is 19.7 Å². The van der Waals surface area contributed by atoms with Crippen LogP contribution >= 0.6 is 0 Å². The standard InChI is InChI=1S/C20H24N2O4/c21-20(24)13-4-3-9-22(11-13)19(23)12-25-14-7-8-18-16(10-14)15-5-1-2-6-17(15)26-18/h7-8,10,13H,1-6,9,11-12H2,(H2,21,24). The van der Waals surface area contributed by atoms with Crippen molar-refractivity contribution in [3.05, 3.63) is 29.5 Å². The predicted octanol–water partition coefficient (Wildman–Crippen LogP) is 2.41. The quantitative estimate of drug-likeness (QED) is 0.911. The van der Waals surface area contributed by atoms with Crippen molar-refractivity contribution in [3.63, 3.8) is 0 Å². The molecule has 0 bridgehead atoms. The Morgan fingerprint density at radius 2 is 2.08 bits per heavy atom. The molecular formula is C20H24N2O4. The molecule has 0 spiro atoms. The van der Waals surface area contributed by atoms with Crippen LogP contribution in [0.1, 0.15) is 37.0 Å². The molecule has 1 fully saturated rings. The largest absolute Gasteiger partial charge is 0.484 e. The van der Waals surface area contributed by atoms with E-state index in [4.69, 9.17) is 14.9 Å². The van der Waals surface area contributed by atoms with Gasteiger partial charge in [0.05, 0.1) is 5.92 Å². The van der Waals surface area contributed by atoms with Gasteiger partial charge in [-0.05, 0) is 50.3 Å². The minimum atomic E-state index is -0.335. The van der Waals surface area contributed by atoms with Crippen LogP contribution in [0.4, 0.5) is 0 Å². The zero-order chi connectivity index (χ0) is 18.1. The van der Waals surface area contributed by atoms with E-state index in [1.165, 1.54) is 18.4 Å². The van der Waals surface area contributed by atoms with Gasteiger partial charge in [-0.1, -0.05) is 0 Å². The third-order valence-electron chi connectivity index (χ3n) is 5.47. The van der Waals surface area contributed by atoms with Crippen LogP contribution in [0.15, 0.2) is 22.6 Å².